The van der Waals surface area contributed by atoms with Crippen LogP contribution in [-0.2, 0) is 11.3 Å². The standard InChI is InChI=1S/C31H29N3O5/c1-38-18-17-32-22-33(28(24-13-7-3-8-14-24)25-15-9-4-10-16-25)34-26(20-35)19-27(36)30(29(34)31(32)37)39-21-23-11-5-2-6-12-23/h2-16,19-20,28H,17-18,21-22H2,1H3. The number of nitrogens with zero attached hydrogens (tertiary/aromatic N) is 3. The largest absolute Gasteiger partial charge is 0.482 e. The fraction of sp³-hybridized carbons (Fsp3) is 0.194. The molecule has 0 atom stereocenters. The van der Waals surface area contributed by atoms with Crippen LogP contribution in [0.15, 0.2) is 102 Å². The molecule has 198 valence electrons. The molecule has 0 fully saturated rings. The third-order valence-corrected chi connectivity index (χ3v) is 6.68. The van der Waals surface area contributed by atoms with E-state index in [1.54, 1.807) is 16.7 Å². The number of rotatable bonds is 10. The lowest BCUT2D eigenvalue weighted by molar-refractivity contribution is 0.0609. The van der Waals surface area contributed by atoms with Crippen molar-refractivity contribution in [3.63, 3.8) is 0 Å². The Hall–Kier alpha value is -4.69. The minimum atomic E-state index is -0.530. The predicted octanol–water partition coefficient (Wildman–Crippen LogP) is 4.03. The fourth-order valence-corrected chi connectivity index (χ4v) is 4.85. The van der Waals surface area contributed by atoms with E-state index in [9.17, 15) is 14.4 Å². The third kappa shape index (κ3) is 5.32. The molecule has 0 spiro atoms. The van der Waals surface area contributed by atoms with Gasteiger partial charge in [0.1, 0.15) is 19.0 Å². The molecular formula is C31H29N3O5. The molecule has 4 aromatic rings. The van der Waals surface area contributed by atoms with E-state index in [0.29, 0.717) is 19.4 Å². The molecule has 0 saturated heterocycles. The predicted molar refractivity (Wildman–Crippen MR) is 148 cm³/mol. The van der Waals surface area contributed by atoms with Gasteiger partial charge in [-0.25, -0.2) is 4.68 Å². The number of carbonyl (C=O) groups is 2. The summed E-state index contributed by atoms with van der Waals surface area (Å²) in [6.45, 7) is 0.847. The van der Waals surface area contributed by atoms with Crippen molar-refractivity contribution in [2.24, 2.45) is 0 Å². The highest BCUT2D eigenvalue weighted by molar-refractivity contribution is 5.97. The molecule has 8 heteroatoms. The minimum absolute atomic E-state index is 0.0137. The molecule has 0 bridgehead atoms. The smallest absolute Gasteiger partial charge is 0.278 e. The highest BCUT2D eigenvalue weighted by Crippen LogP contribution is 2.33. The maximum atomic E-state index is 13.9. The van der Waals surface area contributed by atoms with Crippen molar-refractivity contribution in [2.75, 3.05) is 31.9 Å². The number of hydrogen-bond donors (Lipinski definition) is 0. The van der Waals surface area contributed by atoms with Crippen LogP contribution < -0.4 is 15.2 Å². The van der Waals surface area contributed by atoms with E-state index < -0.39 is 11.3 Å². The lowest BCUT2D eigenvalue weighted by Gasteiger charge is -2.44. The quantitative estimate of drug-likeness (QED) is 0.292. The number of methoxy groups -OCH3 is 1. The molecule has 0 aliphatic carbocycles. The number of amides is 1. The molecule has 1 aliphatic heterocycles. The van der Waals surface area contributed by atoms with Gasteiger partial charge >= 0.3 is 0 Å². The molecule has 1 aromatic heterocycles. The molecule has 3 aromatic carbocycles. The van der Waals surface area contributed by atoms with Gasteiger partial charge in [-0.1, -0.05) is 91.0 Å². The van der Waals surface area contributed by atoms with Gasteiger partial charge in [-0.3, -0.25) is 19.4 Å². The average Bonchev–Trinajstić information content (AvgIpc) is 2.98. The third-order valence-electron chi connectivity index (χ3n) is 6.68. The van der Waals surface area contributed by atoms with E-state index in [0.717, 1.165) is 16.7 Å². The van der Waals surface area contributed by atoms with Crippen molar-refractivity contribution in [2.45, 2.75) is 12.6 Å². The summed E-state index contributed by atoms with van der Waals surface area (Å²) in [5, 5.41) is 1.93. The van der Waals surface area contributed by atoms with Gasteiger partial charge < -0.3 is 14.4 Å². The molecule has 39 heavy (non-hydrogen) atoms. The number of carbonyl (C=O) groups excluding carboxylic acids is 2. The number of fused-ring (bicyclic) bond motifs is 1. The van der Waals surface area contributed by atoms with Crippen molar-refractivity contribution >= 4 is 12.2 Å². The van der Waals surface area contributed by atoms with Crippen LogP contribution in [0, 0.1) is 0 Å². The van der Waals surface area contributed by atoms with Crippen molar-refractivity contribution in [3.8, 4) is 5.75 Å². The molecular weight excluding hydrogens is 494 g/mol. The second-order valence-electron chi connectivity index (χ2n) is 9.18. The molecule has 0 N–H and O–H groups in total. The summed E-state index contributed by atoms with van der Waals surface area (Å²) in [7, 11) is 1.57. The lowest BCUT2D eigenvalue weighted by atomic mass is 9.98. The Morgan fingerprint density at radius 2 is 1.46 bits per heavy atom. The van der Waals surface area contributed by atoms with E-state index in [2.05, 4.69) is 0 Å². The number of aromatic nitrogens is 1. The Morgan fingerprint density at radius 3 is 2.03 bits per heavy atom. The Labute approximate surface area is 226 Å². The van der Waals surface area contributed by atoms with Crippen molar-refractivity contribution in [1.82, 2.24) is 9.58 Å². The molecule has 8 nitrogen and oxygen atoms in total. The number of ether oxygens (including phenoxy) is 2. The minimum Gasteiger partial charge on any atom is -0.482 e. The summed E-state index contributed by atoms with van der Waals surface area (Å²) >= 11 is 0. The SMILES string of the molecule is COCCN1CN(C(c2ccccc2)c2ccccc2)n2c(C=O)cc(=O)c(OCc3ccccc3)c2C1=O. The summed E-state index contributed by atoms with van der Waals surface area (Å²) in [5.41, 5.74) is 2.31. The summed E-state index contributed by atoms with van der Waals surface area (Å²) in [6, 6.07) is 29.9. The molecule has 1 amide bonds. The first-order valence-electron chi connectivity index (χ1n) is 12.7. The van der Waals surface area contributed by atoms with Crippen LogP contribution in [0.4, 0.5) is 0 Å². The summed E-state index contributed by atoms with van der Waals surface area (Å²) in [6.07, 6.45) is 0.601. The van der Waals surface area contributed by atoms with Crippen molar-refractivity contribution < 1.29 is 19.1 Å². The van der Waals surface area contributed by atoms with Crippen LogP contribution in [0.5, 0.6) is 5.75 Å². The number of hydrogen-bond acceptors (Lipinski definition) is 6. The molecule has 2 heterocycles. The highest BCUT2D eigenvalue weighted by Gasteiger charge is 2.38. The van der Waals surface area contributed by atoms with Gasteiger partial charge in [0.2, 0.25) is 5.43 Å². The first-order chi connectivity index (χ1) is 19.1. The van der Waals surface area contributed by atoms with Crippen molar-refractivity contribution in [3.05, 3.63) is 135 Å². The fourth-order valence-electron chi connectivity index (χ4n) is 4.85. The molecule has 1 aliphatic rings. The normalized spacial score (nSPS) is 12.9. The van der Waals surface area contributed by atoms with Crippen LogP contribution in [0.1, 0.15) is 43.7 Å². The van der Waals surface area contributed by atoms with Gasteiger partial charge in [0.15, 0.2) is 17.7 Å². The van der Waals surface area contributed by atoms with Gasteiger partial charge in [0, 0.05) is 19.7 Å². The van der Waals surface area contributed by atoms with Crippen LogP contribution in [0.25, 0.3) is 0 Å². The maximum absolute atomic E-state index is 13.9. The van der Waals surface area contributed by atoms with Crippen LogP contribution in [0.3, 0.4) is 0 Å². The number of benzene rings is 3. The zero-order chi connectivity index (χ0) is 27.2. The molecule has 0 unspecified atom stereocenters. The molecule has 0 saturated carbocycles. The summed E-state index contributed by atoms with van der Waals surface area (Å²) < 4.78 is 12.9. The zero-order valence-corrected chi connectivity index (χ0v) is 21.6. The zero-order valence-electron chi connectivity index (χ0n) is 21.6. The lowest BCUT2D eigenvalue weighted by Crippen LogP contribution is -2.57. The maximum Gasteiger partial charge on any atom is 0.278 e. The Kier molecular flexibility index (Phi) is 7.84. The van der Waals surface area contributed by atoms with Gasteiger partial charge in [-0.15, -0.1) is 0 Å². The Morgan fingerprint density at radius 1 is 0.872 bits per heavy atom. The average molecular weight is 524 g/mol. The number of pyridine rings is 1. The second kappa shape index (κ2) is 11.8. The summed E-state index contributed by atoms with van der Waals surface area (Å²) in [4.78, 5) is 41.1. The van der Waals surface area contributed by atoms with E-state index in [4.69, 9.17) is 9.47 Å². The molecule has 5 rings (SSSR count). The van der Waals surface area contributed by atoms with Crippen LogP contribution >= 0.6 is 0 Å². The van der Waals surface area contributed by atoms with Crippen LogP contribution in [0.2, 0.25) is 0 Å². The van der Waals surface area contributed by atoms with E-state index in [-0.39, 0.29) is 36.5 Å². The Bertz CT molecular complexity index is 1450. The van der Waals surface area contributed by atoms with E-state index >= 15 is 0 Å². The first-order valence-corrected chi connectivity index (χ1v) is 12.7. The second-order valence-corrected chi connectivity index (χ2v) is 9.18. The monoisotopic (exact) mass is 523 g/mol. The van der Waals surface area contributed by atoms with Gasteiger partial charge in [0.05, 0.1) is 12.6 Å². The van der Waals surface area contributed by atoms with E-state index in [1.165, 1.54) is 6.07 Å². The topological polar surface area (TPSA) is 81.1 Å². The molecule has 0 radical (unpaired) electrons. The van der Waals surface area contributed by atoms with Gasteiger partial charge in [0.25, 0.3) is 5.91 Å². The first kappa shape index (κ1) is 25.9. The van der Waals surface area contributed by atoms with Crippen LogP contribution in [-0.4, -0.2) is 48.7 Å². The highest BCUT2D eigenvalue weighted by atomic mass is 16.5. The van der Waals surface area contributed by atoms with Crippen molar-refractivity contribution in [1.29, 1.82) is 0 Å². The van der Waals surface area contributed by atoms with E-state index in [1.807, 2.05) is 96.0 Å². The van der Waals surface area contributed by atoms with Gasteiger partial charge in [-0.2, -0.15) is 0 Å². The number of aldehydes is 1. The Balaban J connectivity index is 1.71. The van der Waals surface area contributed by atoms with Gasteiger partial charge in [-0.05, 0) is 16.7 Å². The summed E-state index contributed by atoms with van der Waals surface area (Å²) in [5.74, 6) is -0.506.